The average Bonchev–Trinajstić information content (AvgIpc) is 3.31. The summed E-state index contributed by atoms with van der Waals surface area (Å²) in [5.74, 6) is -4.47. The van der Waals surface area contributed by atoms with Crippen LogP contribution in [0.4, 0.5) is 24.7 Å². The van der Waals surface area contributed by atoms with Gasteiger partial charge in [-0.25, -0.2) is 17.9 Å². The van der Waals surface area contributed by atoms with Crippen LogP contribution in [0.3, 0.4) is 0 Å². The molecule has 3 aromatic rings. The van der Waals surface area contributed by atoms with E-state index in [9.17, 15) is 27.6 Å². The van der Waals surface area contributed by atoms with E-state index in [-0.39, 0.29) is 35.6 Å². The molecule has 13 heteroatoms. The first kappa shape index (κ1) is 29.0. The standard InChI is InChI=1S/C29H31F3N6O4/c1-42-23-7-6-20(30)12-22(23)37(16-39)15-17-2-4-18(5-3-17)25-24(27(34)40)26(33)38(35-25)21-8-10-36(11-9-21)28(41)19-13-29(31,32)14-19/h2-7,12,16,19,21H,8-11,13-15,33H2,1H3,(H2,34,40). The number of nitrogens with zero attached hydrogens (tertiary/aromatic N) is 4. The number of carbonyl (C=O) groups is 3. The fraction of sp³-hybridized carbons (Fsp3) is 0.379. The maximum Gasteiger partial charge on any atom is 0.254 e. The van der Waals surface area contributed by atoms with Crippen LogP contribution in [0.1, 0.15) is 47.6 Å². The van der Waals surface area contributed by atoms with E-state index in [0.717, 1.165) is 0 Å². The minimum Gasteiger partial charge on any atom is -0.495 e. The number of primary amides is 1. The summed E-state index contributed by atoms with van der Waals surface area (Å²) < 4.78 is 47.1. The van der Waals surface area contributed by atoms with E-state index in [0.29, 0.717) is 54.9 Å². The molecule has 2 aromatic carbocycles. The maximum absolute atomic E-state index is 13.9. The molecule has 2 heterocycles. The van der Waals surface area contributed by atoms with Gasteiger partial charge in [0.2, 0.25) is 18.2 Å². The second-order valence-electron chi connectivity index (χ2n) is 10.7. The predicted molar refractivity (Wildman–Crippen MR) is 148 cm³/mol. The van der Waals surface area contributed by atoms with Gasteiger partial charge in [0.25, 0.3) is 5.91 Å². The minimum absolute atomic E-state index is 0.0666. The van der Waals surface area contributed by atoms with Crippen LogP contribution in [-0.2, 0) is 16.1 Å². The third-order valence-electron chi connectivity index (χ3n) is 7.91. The molecule has 1 aromatic heterocycles. The number of alkyl halides is 2. The lowest BCUT2D eigenvalue weighted by atomic mass is 9.80. The third-order valence-corrected chi connectivity index (χ3v) is 7.91. The number of hydrogen-bond acceptors (Lipinski definition) is 6. The summed E-state index contributed by atoms with van der Waals surface area (Å²) in [6, 6.07) is 10.6. The Hall–Kier alpha value is -4.55. The molecule has 1 saturated carbocycles. The summed E-state index contributed by atoms with van der Waals surface area (Å²) in [5.41, 5.74) is 13.9. The number of aromatic nitrogens is 2. The Kier molecular flexibility index (Phi) is 7.85. The first-order chi connectivity index (χ1) is 20.0. The smallest absolute Gasteiger partial charge is 0.254 e. The normalized spacial score (nSPS) is 17.0. The Bertz CT molecular complexity index is 1490. The van der Waals surface area contributed by atoms with E-state index in [1.807, 2.05) is 0 Å². The van der Waals surface area contributed by atoms with Crippen molar-refractivity contribution in [2.45, 2.75) is 44.2 Å². The number of methoxy groups -OCH3 is 1. The van der Waals surface area contributed by atoms with Crippen molar-refractivity contribution in [1.82, 2.24) is 14.7 Å². The van der Waals surface area contributed by atoms with Crippen molar-refractivity contribution in [2.24, 2.45) is 11.7 Å². The molecule has 0 bridgehead atoms. The van der Waals surface area contributed by atoms with Crippen LogP contribution >= 0.6 is 0 Å². The number of nitrogens with two attached hydrogens (primary N) is 2. The van der Waals surface area contributed by atoms with E-state index in [1.165, 1.54) is 30.2 Å². The first-order valence-electron chi connectivity index (χ1n) is 13.5. The Morgan fingerprint density at radius 2 is 1.81 bits per heavy atom. The molecular formula is C29H31F3N6O4. The monoisotopic (exact) mass is 584 g/mol. The molecule has 4 N–H and O–H groups in total. The van der Waals surface area contributed by atoms with Gasteiger partial charge in [-0.2, -0.15) is 5.10 Å². The largest absolute Gasteiger partial charge is 0.495 e. The molecule has 0 atom stereocenters. The zero-order valence-corrected chi connectivity index (χ0v) is 22.9. The third kappa shape index (κ3) is 5.63. The Balaban J connectivity index is 1.32. The van der Waals surface area contributed by atoms with Crippen molar-refractivity contribution in [3.8, 4) is 17.0 Å². The summed E-state index contributed by atoms with van der Waals surface area (Å²) in [7, 11) is 1.43. The van der Waals surface area contributed by atoms with E-state index >= 15 is 0 Å². The zero-order chi connectivity index (χ0) is 30.2. The number of anilines is 2. The summed E-state index contributed by atoms with van der Waals surface area (Å²) in [6.07, 6.45) is 0.742. The fourth-order valence-corrected chi connectivity index (χ4v) is 5.63. The molecule has 5 rings (SSSR count). The Labute approximate surface area is 240 Å². The number of benzene rings is 2. The highest BCUT2D eigenvalue weighted by molar-refractivity contribution is 6.03. The van der Waals surface area contributed by atoms with Gasteiger partial charge in [0.05, 0.1) is 25.4 Å². The van der Waals surface area contributed by atoms with Crippen LogP contribution in [0.2, 0.25) is 0 Å². The van der Waals surface area contributed by atoms with Crippen molar-refractivity contribution in [3.63, 3.8) is 0 Å². The van der Waals surface area contributed by atoms with Crippen LogP contribution in [0, 0.1) is 11.7 Å². The second kappa shape index (κ2) is 11.4. The Morgan fingerprint density at radius 1 is 1.14 bits per heavy atom. The van der Waals surface area contributed by atoms with Crippen LogP contribution in [0.15, 0.2) is 42.5 Å². The molecule has 2 aliphatic rings. The lowest BCUT2D eigenvalue weighted by Crippen LogP contribution is -2.49. The number of likely N-dealkylation sites (tertiary alicyclic amines) is 1. The first-order valence-corrected chi connectivity index (χ1v) is 13.5. The molecule has 42 heavy (non-hydrogen) atoms. The van der Waals surface area contributed by atoms with Crippen molar-refractivity contribution in [2.75, 3.05) is 30.8 Å². The van der Waals surface area contributed by atoms with Gasteiger partial charge in [-0.15, -0.1) is 0 Å². The number of halogens is 3. The number of hydrogen-bond donors (Lipinski definition) is 2. The average molecular weight is 585 g/mol. The van der Waals surface area contributed by atoms with Crippen LogP contribution in [0.5, 0.6) is 5.75 Å². The van der Waals surface area contributed by atoms with E-state index < -0.39 is 36.4 Å². The van der Waals surface area contributed by atoms with Gasteiger partial charge in [-0.1, -0.05) is 24.3 Å². The Morgan fingerprint density at radius 3 is 2.38 bits per heavy atom. The van der Waals surface area contributed by atoms with Crippen LogP contribution < -0.4 is 21.1 Å². The van der Waals surface area contributed by atoms with Crippen molar-refractivity contribution in [1.29, 1.82) is 0 Å². The highest BCUT2D eigenvalue weighted by atomic mass is 19.3. The molecule has 222 valence electrons. The van der Waals surface area contributed by atoms with Crippen molar-refractivity contribution >= 4 is 29.7 Å². The number of rotatable bonds is 9. The van der Waals surface area contributed by atoms with Gasteiger partial charge in [0.1, 0.15) is 28.6 Å². The summed E-state index contributed by atoms with van der Waals surface area (Å²) in [6.45, 7) is 0.854. The lowest BCUT2D eigenvalue weighted by Gasteiger charge is -2.39. The molecule has 10 nitrogen and oxygen atoms in total. The van der Waals surface area contributed by atoms with Gasteiger partial charge in [0, 0.05) is 43.5 Å². The molecule has 1 aliphatic carbocycles. The summed E-state index contributed by atoms with van der Waals surface area (Å²) in [4.78, 5) is 39.8. The molecule has 0 radical (unpaired) electrons. The number of ether oxygens (including phenoxy) is 1. The van der Waals surface area contributed by atoms with Gasteiger partial charge in [-0.05, 0) is 30.5 Å². The quantitative estimate of drug-likeness (QED) is 0.368. The van der Waals surface area contributed by atoms with E-state index in [1.54, 1.807) is 33.8 Å². The molecule has 1 saturated heterocycles. The summed E-state index contributed by atoms with van der Waals surface area (Å²) in [5, 5.41) is 4.63. The number of amides is 3. The van der Waals surface area contributed by atoms with Gasteiger partial charge < -0.3 is 26.0 Å². The molecule has 2 fully saturated rings. The molecule has 0 spiro atoms. The maximum atomic E-state index is 13.9. The van der Waals surface area contributed by atoms with Gasteiger partial charge in [0.15, 0.2) is 0 Å². The zero-order valence-electron chi connectivity index (χ0n) is 22.9. The van der Waals surface area contributed by atoms with Crippen molar-refractivity contribution < 1.29 is 32.3 Å². The topological polar surface area (TPSA) is 137 Å². The minimum atomic E-state index is -2.76. The fourth-order valence-electron chi connectivity index (χ4n) is 5.63. The predicted octanol–water partition coefficient (Wildman–Crippen LogP) is 3.75. The summed E-state index contributed by atoms with van der Waals surface area (Å²) >= 11 is 0. The molecule has 0 unspecified atom stereocenters. The van der Waals surface area contributed by atoms with Crippen molar-refractivity contribution in [3.05, 3.63) is 59.4 Å². The lowest BCUT2D eigenvalue weighted by molar-refractivity contribution is -0.160. The van der Waals surface area contributed by atoms with Crippen LogP contribution in [-0.4, -0.2) is 59.0 Å². The van der Waals surface area contributed by atoms with Crippen LogP contribution in [0.25, 0.3) is 11.3 Å². The second-order valence-corrected chi connectivity index (χ2v) is 10.7. The van der Waals surface area contributed by atoms with E-state index in [2.05, 4.69) is 5.10 Å². The highest BCUT2D eigenvalue weighted by Gasteiger charge is 2.50. The van der Waals surface area contributed by atoms with Gasteiger partial charge >= 0.3 is 0 Å². The molecular weight excluding hydrogens is 553 g/mol. The van der Waals surface area contributed by atoms with Gasteiger partial charge in [-0.3, -0.25) is 14.4 Å². The molecule has 1 aliphatic heterocycles. The SMILES string of the molecule is COc1ccc(F)cc1N(C=O)Cc1ccc(-c2nn(C3CCN(C(=O)C4CC(F)(F)C4)CC3)c(N)c2C(N)=O)cc1. The van der Waals surface area contributed by atoms with E-state index in [4.69, 9.17) is 16.2 Å². The number of piperidine rings is 1. The number of nitrogen functional groups attached to an aromatic ring is 1. The molecule has 3 amide bonds. The number of carbonyl (C=O) groups excluding carboxylic acids is 3. The highest BCUT2D eigenvalue weighted by Crippen LogP contribution is 2.44.